The van der Waals surface area contributed by atoms with E-state index in [1.54, 1.807) is 0 Å². The summed E-state index contributed by atoms with van der Waals surface area (Å²) >= 11 is 0. The molecule has 0 spiro atoms. The Bertz CT molecular complexity index is 3640. The zero-order valence-electron chi connectivity index (χ0n) is 48.5. The van der Waals surface area contributed by atoms with Gasteiger partial charge in [-0.2, -0.15) is 0 Å². The molecule has 382 valence electrons. The van der Waals surface area contributed by atoms with Gasteiger partial charge in [0.05, 0.1) is 0 Å². The van der Waals surface area contributed by atoms with Crippen molar-refractivity contribution < 1.29 is 0 Å². The van der Waals surface area contributed by atoms with Gasteiger partial charge in [0.15, 0.2) is 0 Å². The maximum absolute atomic E-state index is 2.28. The number of hydrogen-bond acceptors (Lipinski definition) is 0. The van der Waals surface area contributed by atoms with Gasteiger partial charge in [-0.25, -0.2) is 0 Å². The maximum Gasteiger partial charge on any atom is -0.00735 e. The Labute approximate surface area is 447 Å². The molecule has 0 saturated heterocycles. The molecule has 0 heterocycles. The molecule has 0 N–H and O–H groups in total. The van der Waals surface area contributed by atoms with Crippen LogP contribution in [0.1, 0.15) is 114 Å². The second kappa shape index (κ2) is 29.4. The summed E-state index contributed by atoms with van der Waals surface area (Å²) in [4.78, 5) is 0. The predicted molar refractivity (Wildman–Crippen MR) is 340 cm³/mol. The van der Waals surface area contributed by atoms with E-state index in [2.05, 4.69) is 250 Å². The molecular formula is C74H86. The van der Waals surface area contributed by atoms with Crippen LogP contribution in [0.2, 0.25) is 0 Å². The number of aryl methyl sites for hydroxylation is 8. The molecule has 12 rings (SSSR count). The van der Waals surface area contributed by atoms with Gasteiger partial charge in [-0.15, -0.1) is 0 Å². The van der Waals surface area contributed by atoms with Crippen LogP contribution in [0.4, 0.5) is 0 Å². The summed E-state index contributed by atoms with van der Waals surface area (Å²) in [5.41, 5.74) is 10.8. The van der Waals surface area contributed by atoms with E-state index in [0.717, 1.165) is 0 Å². The molecule has 0 bridgehead atoms. The van der Waals surface area contributed by atoms with Crippen molar-refractivity contribution in [2.45, 2.75) is 125 Å². The zero-order valence-corrected chi connectivity index (χ0v) is 48.5. The number of benzene rings is 12. The van der Waals surface area contributed by atoms with Gasteiger partial charge in [0.1, 0.15) is 0 Å². The van der Waals surface area contributed by atoms with Crippen molar-refractivity contribution >= 4 is 86.2 Å². The molecule has 0 nitrogen and oxygen atoms in total. The summed E-state index contributed by atoms with van der Waals surface area (Å²) in [6.45, 7) is 37.4. The second-order valence-electron chi connectivity index (χ2n) is 17.8. The topological polar surface area (TPSA) is 0 Å². The summed E-state index contributed by atoms with van der Waals surface area (Å²) in [6.07, 6.45) is 0. The standard InChI is InChI=1S/4C16H14.5C2H6/c1-11-6-5-9-14-12(2)10-13-7-3-4-8-15(13)16(11)14;1-11-6-5-9-15-14-8-4-3-7-13(14)10-12(2)16(11)15;1-11-7-8-14-12(2)10-13-5-3-4-6-15(13)16(14)9-11;1-11-7-8-15-14-6-4-3-5-13(14)10-12(2)16(15)9-11;5*1-2/h4*3-10H,1-2H3;5*1-2H3. The molecular weight excluding hydrogens is 889 g/mol. The van der Waals surface area contributed by atoms with Crippen LogP contribution in [-0.2, 0) is 0 Å². The minimum absolute atomic E-state index is 1.32. The summed E-state index contributed by atoms with van der Waals surface area (Å²) in [6, 6.07) is 70.0. The van der Waals surface area contributed by atoms with Gasteiger partial charge < -0.3 is 0 Å². The number of hydrogen-bond donors (Lipinski definition) is 0. The fourth-order valence-corrected chi connectivity index (χ4v) is 9.91. The van der Waals surface area contributed by atoms with Crippen molar-refractivity contribution in [1.82, 2.24) is 0 Å². The van der Waals surface area contributed by atoms with Gasteiger partial charge in [-0.3, -0.25) is 0 Å². The Morgan fingerprint density at radius 3 is 1.00 bits per heavy atom. The third-order valence-corrected chi connectivity index (χ3v) is 13.0. The van der Waals surface area contributed by atoms with E-state index >= 15 is 0 Å². The Balaban J connectivity index is 0.000000202. The largest absolute Gasteiger partial charge is 0.0683 e. The van der Waals surface area contributed by atoms with Crippen molar-refractivity contribution in [1.29, 1.82) is 0 Å². The van der Waals surface area contributed by atoms with E-state index in [-0.39, 0.29) is 0 Å². The van der Waals surface area contributed by atoms with Crippen LogP contribution in [0, 0.1) is 55.4 Å². The molecule has 74 heavy (non-hydrogen) atoms. The molecule has 0 aliphatic rings. The molecule has 0 aliphatic carbocycles. The van der Waals surface area contributed by atoms with Crippen molar-refractivity contribution in [2.75, 3.05) is 0 Å². The number of fused-ring (bicyclic) bond motifs is 12. The maximum atomic E-state index is 2.28. The Kier molecular flexibility index (Phi) is 23.6. The first-order valence-electron chi connectivity index (χ1n) is 27.6. The van der Waals surface area contributed by atoms with Crippen LogP contribution < -0.4 is 0 Å². The first-order chi connectivity index (χ1) is 36.0. The lowest BCUT2D eigenvalue weighted by Gasteiger charge is -2.09. The first kappa shape index (κ1) is 59.3. The molecule has 12 aromatic carbocycles. The number of rotatable bonds is 0. The van der Waals surface area contributed by atoms with E-state index in [0.29, 0.717) is 0 Å². The minimum atomic E-state index is 1.32. The van der Waals surface area contributed by atoms with E-state index in [1.807, 2.05) is 69.2 Å². The molecule has 0 aliphatic heterocycles. The molecule has 0 saturated carbocycles. The highest BCUT2D eigenvalue weighted by atomic mass is 14.1. The van der Waals surface area contributed by atoms with Crippen LogP contribution in [0.5, 0.6) is 0 Å². The van der Waals surface area contributed by atoms with E-state index < -0.39 is 0 Å². The normalized spacial score (nSPS) is 10.0. The molecule has 0 amide bonds. The Hall–Kier alpha value is -7.28. The average molecular weight is 976 g/mol. The summed E-state index contributed by atoms with van der Waals surface area (Å²) in [5, 5.41) is 21.8. The molecule has 0 unspecified atom stereocenters. The Morgan fingerprint density at radius 2 is 0.500 bits per heavy atom. The molecule has 12 aromatic rings. The summed E-state index contributed by atoms with van der Waals surface area (Å²) in [7, 11) is 0. The third kappa shape index (κ3) is 13.7. The summed E-state index contributed by atoms with van der Waals surface area (Å²) in [5.74, 6) is 0. The first-order valence-corrected chi connectivity index (χ1v) is 27.6. The van der Waals surface area contributed by atoms with Crippen molar-refractivity contribution in [3.63, 3.8) is 0 Å². The van der Waals surface area contributed by atoms with Gasteiger partial charge in [-0.05, 0) is 175 Å². The van der Waals surface area contributed by atoms with Gasteiger partial charge in [0.25, 0.3) is 0 Å². The molecule has 0 heteroatoms. The van der Waals surface area contributed by atoms with Crippen molar-refractivity contribution in [3.8, 4) is 0 Å². The highest BCUT2D eigenvalue weighted by Gasteiger charge is 2.08. The predicted octanol–water partition coefficient (Wildman–Crippen LogP) is 23.6. The van der Waals surface area contributed by atoms with E-state index in [1.165, 1.54) is 131 Å². The molecule has 0 fully saturated rings. The fourth-order valence-electron chi connectivity index (χ4n) is 9.91. The Morgan fingerprint density at radius 1 is 0.176 bits per heavy atom. The van der Waals surface area contributed by atoms with Crippen molar-refractivity contribution in [3.05, 3.63) is 239 Å². The van der Waals surface area contributed by atoms with E-state index in [4.69, 9.17) is 0 Å². The third-order valence-electron chi connectivity index (χ3n) is 13.0. The average Bonchev–Trinajstić information content (AvgIpc) is 3.44. The minimum Gasteiger partial charge on any atom is -0.0683 e. The highest BCUT2D eigenvalue weighted by Crippen LogP contribution is 2.33. The van der Waals surface area contributed by atoms with Crippen LogP contribution in [-0.4, -0.2) is 0 Å². The molecule has 0 atom stereocenters. The lowest BCUT2D eigenvalue weighted by Crippen LogP contribution is -1.85. The van der Waals surface area contributed by atoms with Gasteiger partial charge >= 0.3 is 0 Å². The SMILES string of the molecule is CC.CC.CC.CC.CC.Cc1cc2ccccc2c2c(C)cccc12.Cc1ccc2c(C)cc3ccccc3c2c1.Cc1ccc2c(c1)c(C)cc1ccccc12.Cc1cccc2c1c(C)cc1ccccc12. The van der Waals surface area contributed by atoms with Crippen LogP contribution >= 0.6 is 0 Å². The lowest BCUT2D eigenvalue weighted by atomic mass is 9.95. The van der Waals surface area contributed by atoms with Crippen LogP contribution in [0.3, 0.4) is 0 Å². The summed E-state index contributed by atoms with van der Waals surface area (Å²) < 4.78 is 0. The van der Waals surface area contributed by atoms with Crippen molar-refractivity contribution in [2.24, 2.45) is 0 Å². The second-order valence-corrected chi connectivity index (χ2v) is 17.8. The fraction of sp³-hybridized carbons (Fsp3) is 0.243. The highest BCUT2D eigenvalue weighted by molar-refractivity contribution is 6.12. The lowest BCUT2D eigenvalue weighted by molar-refractivity contribution is 1.48. The smallest absolute Gasteiger partial charge is 0.00735 e. The zero-order chi connectivity index (χ0) is 54.5. The van der Waals surface area contributed by atoms with Crippen LogP contribution in [0.15, 0.2) is 194 Å². The van der Waals surface area contributed by atoms with E-state index in [9.17, 15) is 0 Å². The van der Waals surface area contributed by atoms with Crippen LogP contribution in [0.25, 0.3) is 86.2 Å². The van der Waals surface area contributed by atoms with Gasteiger partial charge in [-0.1, -0.05) is 274 Å². The van der Waals surface area contributed by atoms with Gasteiger partial charge in [0.2, 0.25) is 0 Å². The molecule has 0 radical (unpaired) electrons. The molecule has 0 aromatic heterocycles. The monoisotopic (exact) mass is 975 g/mol. The van der Waals surface area contributed by atoms with Gasteiger partial charge in [0, 0.05) is 0 Å². The quantitative estimate of drug-likeness (QED) is 0.133.